The molecule has 0 bridgehead atoms. The van der Waals surface area contributed by atoms with Gasteiger partial charge in [0.2, 0.25) is 5.91 Å². The molecule has 3 aromatic rings. The fraction of sp³-hybridized carbons (Fsp3) is 0.269. The van der Waals surface area contributed by atoms with Crippen molar-refractivity contribution in [2.24, 2.45) is 11.1 Å². The maximum absolute atomic E-state index is 12.8. The second-order valence-electron chi connectivity index (χ2n) is 8.33. The number of rotatable bonds is 5. The molecular formula is C26H27N3O2. The standard InChI is InChI=1S/C26H27N3O2/c1-19-7-2-4-10-22(19)23-11-5-3-8-20(23)17-26(25(27)31)12-15-29(16-13-26)24(30)21-9-6-14-28-18-21/h2-11,14,18H,12-13,15-17H2,1H3,(H2,27,31). The maximum atomic E-state index is 12.8. The van der Waals surface area contributed by atoms with Gasteiger partial charge in [0.25, 0.3) is 5.91 Å². The summed E-state index contributed by atoms with van der Waals surface area (Å²) < 4.78 is 0. The summed E-state index contributed by atoms with van der Waals surface area (Å²) in [6.45, 7) is 3.10. The van der Waals surface area contributed by atoms with Gasteiger partial charge >= 0.3 is 0 Å². The van der Waals surface area contributed by atoms with Crippen molar-refractivity contribution in [1.29, 1.82) is 0 Å². The van der Waals surface area contributed by atoms with Gasteiger partial charge in [-0.15, -0.1) is 0 Å². The third-order valence-electron chi connectivity index (χ3n) is 6.42. The molecule has 0 unspecified atom stereocenters. The number of carbonyl (C=O) groups excluding carboxylic acids is 2. The van der Waals surface area contributed by atoms with Crippen LogP contribution in [0.5, 0.6) is 0 Å². The monoisotopic (exact) mass is 413 g/mol. The van der Waals surface area contributed by atoms with E-state index in [4.69, 9.17) is 5.73 Å². The van der Waals surface area contributed by atoms with Crippen LogP contribution in [0.4, 0.5) is 0 Å². The first-order chi connectivity index (χ1) is 15.0. The fourth-order valence-corrected chi connectivity index (χ4v) is 4.50. The molecule has 2 N–H and O–H groups in total. The molecule has 0 aliphatic carbocycles. The number of primary amides is 1. The molecule has 1 aromatic heterocycles. The SMILES string of the molecule is Cc1ccccc1-c1ccccc1CC1(C(N)=O)CCN(C(=O)c2cccnc2)CC1. The van der Waals surface area contributed by atoms with Gasteiger partial charge in [0.15, 0.2) is 0 Å². The predicted octanol–water partition coefficient (Wildman–Crippen LogP) is 4.01. The van der Waals surface area contributed by atoms with Crippen molar-refractivity contribution < 1.29 is 9.59 Å². The number of piperidine rings is 1. The van der Waals surface area contributed by atoms with Crippen LogP contribution < -0.4 is 5.73 Å². The van der Waals surface area contributed by atoms with Crippen LogP contribution in [0.2, 0.25) is 0 Å². The number of nitrogens with two attached hydrogens (primary N) is 1. The Bertz CT molecular complexity index is 1090. The summed E-state index contributed by atoms with van der Waals surface area (Å²) in [7, 11) is 0. The Morgan fingerprint density at radius 3 is 2.29 bits per heavy atom. The van der Waals surface area contributed by atoms with Crippen LogP contribution >= 0.6 is 0 Å². The van der Waals surface area contributed by atoms with E-state index in [2.05, 4.69) is 36.2 Å². The van der Waals surface area contributed by atoms with E-state index in [0.717, 1.165) is 11.1 Å². The highest BCUT2D eigenvalue weighted by molar-refractivity contribution is 5.94. The Morgan fingerprint density at radius 2 is 1.65 bits per heavy atom. The zero-order valence-corrected chi connectivity index (χ0v) is 17.8. The van der Waals surface area contributed by atoms with E-state index < -0.39 is 5.41 Å². The van der Waals surface area contributed by atoms with E-state index in [-0.39, 0.29) is 11.8 Å². The molecule has 0 radical (unpaired) electrons. The number of likely N-dealkylation sites (tertiary alicyclic amines) is 1. The average Bonchev–Trinajstić information content (AvgIpc) is 2.80. The van der Waals surface area contributed by atoms with Crippen molar-refractivity contribution in [2.45, 2.75) is 26.2 Å². The van der Waals surface area contributed by atoms with E-state index in [1.54, 1.807) is 29.4 Å². The van der Waals surface area contributed by atoms with Gasteiger partial charge in [-0.2, -0.15) is 0 Å². The average molecular weight is 414 g/mol. The number of hydrogen-bond donors (Lipinski definition) is 1. The van der Waals surface area contributed by atoms with Crippen LogP contribution in [-0.2, 0) is 11.2 Å². The Labute approximate surface area is 182 Å². The van der Waals surface area contributed by atoms with Gasteiger partial charge in [0, 0.05) is 25.5 Å². The lowest BCUT2D eigenvalue weighted by Crippen LogP contribution is -2.50. The summed E-state index contributed by atoms with van der Waals surface area (Å²) in [6, 6.07) is 20.0. The van der Waals surface area contributed by atoms with E-state index >= 15 is 0 Å². The van der Waals surface area contributed by atoms with Crippen molar-refractivity contribution in [3.8, 4) is 11.1 Å². The van der Waals surface area contributed by atoms with Crippen LogP contribution in [0.15, 0.2) is 73.1 Å². The first-order valence-corrected chi connectivity index (χ1v) is 10.6. The zero-order chi connectivity index (χ0) is 21.8. The fourth-order valence-electron chi connectivity index (χ4n) is 4.50. The topological polar surface area (TPSA) is 76.3 Å². The Hall–Kier alpha value is -3.47. The molecule has 2 heterocycles. The van der Waals surface area contributed by atoms with Crippen molar-refractivity contribution >= 4 is 11.8 Å². The lowest BCUT2D eigenvalue weighted by Gasteiger charge is -2.40. The van der Waals surface area contributed by atoms with Gasteiger partial charge in [0.05, 0.1) is 11.0 Å². The summed E-state index contributed by atoms with van der Waals surface area (Å²) in [5.41, 5.74) is 10.5. The summed E-state index contributed by atoms with van der Waals surface area (Å²) in [4.78, 5) is 31.3. The number of amides is 2. The van der Waals surface area contributed by atoms with E-state index in [1.165, 1.54) is 11.1 Å². The Morgan fingerprint density at radius 1 is 0.968 bits per heavy atom. The lowest BCUT2D eigenvalue weighted by atomic mass is 9.72. The minimum absolute atomic E-state index is 0.0496. The largest absolute Gasteiger partial charge is 0.369 e. The molecule has 1 saturated heterocycles. The highest BCUT2D eigenvalue weighted by atomic mass is 16.2. The summed E-state index contributed by atoms with van der Waals surface area (Å²) in [6.07, 6.45) is 4.91. The quantitative estimate of drug-likeness (QED) is 0.687. The van der Waals surface area contributed by atoms with Gasteiger partial charge in [0.1, 0.15) is 0 Å². The minimum atomic E-state index is -0.662. The van der Waals surface area contributed by atoms with Crippen LogP contribution in [-0.4, -0.2) is 34.8 Å². The first-order valence-electron chi connectivity index (χ1n) is 10.6. The number of aryl methyl sites for hydroxylation is 1. The number of aromatic nitrogens is 1. The van der Waals surface area contributed by atoms with Gasteiger partial charge in [-0.1, -0.05) is 48.5 Å². The number of benzene rings is 2. The number of pyridine rings is 1. The number of carbonyl (C=O) groups is 2. The van der Waals surface area contributed by atoms with Crippen molar-refractivity contribution in [1.82, 2.24) is 9.88 Å². The van der Waals surface area contributed by atoms with Gasteiger partial charge in [-0.05, 0) is 60.6 Å². The highest BCUT2D eigenvalue weighted by Crippen LogP contribution is 2.38. The molecule has 0 spiro atoms. The number of hydrogen-bond acceptors (Lipinski definition) is 3. The van der Waals surface area contributed by atoms with E-state index in [0.29, 0.717) is 37.9 Å². The second kappa shape index (κ2) is 8.72. The molecular weight excluding hydrogens is 386 g/mol. The molecule has 0 atom stereocenters. The molecule has 1 fully saturated rings. The maximum Gasteiger partial charge on any atom is 0.255 e. The molecule has 2 aromatic carbocycles. The van der Waals surface area contributed by atoms with Crippen molar-refractivity contribution in [2.75, 3.05) is 13.1 Å². The minimum Gasteiger partial charge on any atom is -0.369 e. The van der Waals surface area contributed by atoms with Crippen molar-refractivity contribution in [3.63, 3.8) is 0 Å². The zero-order valence-electron chi connectivity index (χ0n) is 17.8. The Balaban J connectivity index is 1.57. The van der Waals surface area contributed by atoms with E-state index in [9.17, 15) is 9.59 Å². The molecule has 0 saturated carbocycles. The summed E-state index contributed by atoms with van der Waals surface area (Å²) in [5.74, 6) is -0.341. The molecule has 1 aliphatic heterocycles. The van der Waals surface area contributed by atoms with Gasteiger partial charge < -0.3 is 10.6 Å². The van der Waals surface area contributed by atoms with Crippen LogP contribution in [0, 0.1) is 12.3 Å². The normalized spacial score (nSPS) is 15.5. The molecule has 4 rings (SSSR count). The highest BCUT2D eigenvalue weighted by Gasteiger charge is 2.41. The molecule has 1 aliphatic rings. The molecule has 5 heteroatoms. The number of nitrogens with zero attached hydrogens (tertiary/aromatic N) is 2. The van der Waals surface area contributed by atoms with Crippen LogP contribution in [0.25, 0.3) is 11.1 Å². The molecule has 2 amide bonds. The van der Waals surface area contributed by atoms with Crippen LogP contribution in [0.3, 0.4) is 0 Å². The second-order valence-corrected chi connectivity index (χ2v) is 8.33. The van der Waals surface area contributed by atoms with Gasteiger partial charge in [-0.25, -0.2) is 0 Å². The molecule has 31 heavy (non-hydrogen) atoms. The smallest absolute Gasteiger partial charge is 0.255 e. The third kappa shape index (κ3) is 4.22. The Kier molecular flexibility index (Phi) is 5.85. The molecule has 158 valence electrons. The van der Waals surface area contributed by atoms with E-state index in [1.807, 2.05) is 24.3 Å². The summed E-state index contributed by atoms with van der Waals surface area (Å²) in [5, 5.41) is 0. The third-order valence-corrected chi connectivity index (χ3v) is 6.42. The first kappa shape index (κ1) is 20.8. The summed E-state index contributed by atoms with van der Waals surface area (Å²) >= 11 is 0. The van der Waals surface area contributed by atoms with Gasteiger partial charge in [-0.3, -0.25) is 14.6 Å². The van der Waals surface area contributed by atoms with Crippen molar-refractivity contribution in [3.05, 3.63) is 89.7 Å². The van der Waals surface area contributed by atoms with Crippen LogP contribution in [0.1, 0.15) is 34.3 Å². The lowest BCUT2D eigenvalue weighted by molar-refractivity contribution is -0.130. The predicted molar refractivity (Wildman–Crippen MR) is 121 cm³/mol. The molecule has 5 nitrogen and oxygen atoms in total.